The van der Waals surface area contributed by atoms with Crippen LogP contribution in [0.2, 0.25) is 120 Å². The van der Waals surface area contributed by atoms with E-state index >= 15 is 0 Å². The molecule has 5 aromatic rings. The number of aliphatic hydroxyl groups is 10. The molecule has 0 fully saturated rings. The molecule has 0 saturated carbocycles. The van der Waals surface area contributed by atoms with Crippen LogP contribution in [0.3, 0.4) is 0 Å². The molecule has 0 bridgehead atoms. The summed E-state index contributed by atoms with van der Waals surface area (Å²) in [5.74, 6) is 0.490. The second-order valence-corrected chi connectivity index (χ2v) is 75.4. The van der Waals surface area contributed by atoms with Crippen LogP contribution in [0.15, 0.2) is 152 Å². The third-order valence-corrected chi connectivity index (χ3v) is 62.6. The molecule has 5 rings (SSSR count). The Hall–Kier alpha value is -2.77. The minimum Gasteiger partial charge on any atom is -0.432 e. The average molecular weight is 1990 g/mol. The molecule has 0 aliphatic heterocycles. The number of benzene rings is 5. The molecule has 0 aliphatic rings. The molecule has 14 unspecified atom stereocenters. The summed E-state index contributed by atoms with van der Waals surface area (Å²) in [6.07, 6.45) is 0.656. The molecule has 36 heteroatoms. The summed E-state index contributed by atoms with van der Waals surface area (Å²) in [7, 11) is -14.6. The van der Waals surface area contributed by atoms with Crippen LogP contribution in [-0.2, 0) is 66.4 Å². The van der Waals surface area contributed by atoms with Crippen molar-refractivity contribution >= 4 is 111 Å². The van der Waals surface area contributed by atoms with Gasteiger partial charge in [0.1, 0.15) is 28.5 Å². The van der Waals surface area contributed by atoms with Gasteiger partial charge < -0.3 is 122 Å². The van der Waals surface area contributed by atoms with E-state index in [1.807, 2.05) is 79.8 Å². The second kappa shape index (κ2) is 60.2. The minimum atomic E-state index is -3.29. The summed E-state index contributed by atoms with van der Waals surface area (Å²) in [6, 6.07) is 58.1. The summed E-state index contributed by atoms with van der Waals surface area (Å²) in [6.45, 7) is 47.8. The Labute approximate surface area is 788 Å². The normalized spacial score (nSPS) is 17.7. The Morgan fingerprint density at radius 2 is 0.581 bits per heavy atom. The number of hydrogen-bond donors (Lipinski definition) is 11. The molecule has 14 atom stereocenters. The molecule has 744 valence electrons. The van der Waals surface area contributed by atoms with Gasteiger partial charge in [0.25, 0.3) is 0 Å². The smallest absolute Gasteiger partial charge is 0.432 e. The second-order valence-electron chi connectivity index (χ2n) is 38.0. The van der Waals surface area contributed by atoms with E-state index in [-0.39, 0.29) is 39.6 Å². The van der Waals surface area contributed by atoms with Gasteiger partial charge in [-0.1, -0.05) is 186 Å². The van der Waals surface area contributed by atoms with Crippen LogP contribution in [-0.4, -0.2) is 302 Å². The third-order valence-electron chi connectivity index (χ3n) is 23.2. The number of hydrogen-bond acceptors (Lipinski definition) is 26. The fourth-order valence-corrected chi connectivity index (χ4v) is 52.7. The molecule has 0 spiro atoms. The highest BCUT2D eigenvalue weighted by Crippen LogP contribution is 2.32. The predicted octanol–water partition coefficient (Wildman–Crippen LogP) is 12.1. The van der Waals surface area contributed by atoms with Crippen molar-refractivity contribution in [2.75, 3.05) is 108 Å². The number of rotatable bonds is 60. The van der Waals surface area contributed by atoms with Gasteiger partial charge >= 0.3 is 43.0 Å². The van der Waals surface area contributed by atoms with Gasteiger partial charge in [-0.25, -0.2) is 0 Å². The van der Waals surface area contributed by atoms with E-state index in [2.05, 4.69) is 172 Å². The van der Waals surface area contributed by atoms with Crippen LogP contribution in [0.4, 0.5) is 0 Å². The maximum Gasteiger partial charge on any atom is 0.487 e. The predicted molar refractivity (Wildman–Crippen MR) is 544 cm³/mol. The molecule has 0 aromatic heterocycles. The molecular formula is C93H176O26Si10. The zero-order valence-electron chi connectivity index (χ0n) is 84.1. The lowest BCUT2D eigenvalue weighted by atomic mass is 10.0. The van der Waals surface area contributed by atoms with Crippen molar-refractivity contribution in [3.63, 3.8) is 0 Å². The van der Waals surface area contributed by atoms with E-state index in [9.17, 15) is 50.8 Å². The first-order valence-corrected chi connectivity index (χ1v) is 71.7. The van der Waals surface area contributed by atoms with Gasteiger partial charge in [-0.15, -0.1) is 0 Å². The molecule has 0 aliphatic carbocycles. The molecule has 0 saturated heterocycles. The summed E-state index contributed by atoms with van der Waals surface area (Å²) < 4.78 is 89.7. The molecule has 0 amide bonds. The van der Waals surface area contributed by atoms with Crippen molar-refractivity contribution in [1.82, 2.24) is 0 Å². The third kappa shape index (κ3) is 47.9. The minimum absolute atomic E-state index is 0.0305. The van der Waals surface area contributed by atoms with Gasteiger partial charge in [0.05, 0.1) is 64.1 Å². The monoisotopic (exact) mass is 1990 g/mol. The fourth-order valence-electron chi connectivity index (χ4n) is 13.8. The van der Waals surface area contributed by atoms with Crippen molar-refractivity contribution in [3.8, 4) is 0 Å². The summed E-state index contributed by atoms with van der Waals surface area (Å²) in [4.78, 5) is 10.7. The Bertz CT molecular complexity index is 3570. The Morgan fingerprint density at radius 1 is 0.318 bits per heavy atom. The van der Waals surface area contributed by atoms with E-state index in [0.29, 0.717) is 51.4 Å². The molecule has 0 radical (unpaired) electrons. The van der Waals surface area contributed by atoms with E-state index in [1.54, 1.807) is 70.0 Å². The van der Waals surface area contributed by atoms with Gasteiger partial charge in [0.2, 0.25) is 41.6 Å². The van der Waals surface area contributed by atoms with Gasteiger partial charge in [-0.05, 0) is 234 Å². The maximum atomic E-state index is 10.7. The summed E-state index contributed by atoms with van der Waals surface area (Å²) in [5, 5.41) is 102. The summed E-state index contributed by atoms with van der Waals surface area (Å²) >= 11 is 0. The summed E-state index contributed by atoms with van der Waals surface area (Å²) in [5.41, 5.74) is -4.96. The van der Waals surface area contributed by atoms with Crippen molar-refractivity contribution < 1.29 is 122 Å². The lowest BCUT2D eigenvalue weighted by Gasteiger charge is -2.38. The van der Waals surface area contributed by atoms with Crippen LogP contribution in [0.1, 0.15) is 122 Å². The van der Waals surface area contributed by atoms with Crippen LogP contribution in [0.25, 0.3) is 0 Å². The van der Waals surface area contributed by atoms with Crippen LogP contribution >= 0.6 is 0 Å². The lowest BCUT2D eigenvalue weighted by Crippen LogP contribution is -2.56. The Morgan fingerprint density at radius 3 is 0.853 bits per heavy atom. The van der Waals surface area contributed by atoms with E-state index in [1.165, 1.54) is 41.7 Å². The highest BCUT2D eigenvalue weighted by Gasteiger charge is 2.48. The van der Waals surface area contributed by atoms with Crippen molar-refractivity contribution in [2.45, 2.75) is 295 Å². The standard InChI is InChI=1S/C21H40O5Si2.C19H36O5Si2.2C18H34O5Si2.C17H32O6Si2/c1-18(2)16-28(24-5,15-11-14-25-17-21(4,23)19(3)22)26-27(6,7)20-12-9-8-10-13-20;1-7-26(22-4,15-11-14-23-16-19(3,21)17(2)20)24-25(5,6)18-12-9-8-10-13-18;1-16(19)18(2,20)15-22-13-10-14-25(6,21-3)23-24(4,5)17-11-8-7-9-12-17;1-5-13-25(21-2,14-9-12-22-16-17(20)15-19)23-24(3,4)18-10-7-6-8-11-18;1-15(18)17(2,19)14-22-12-9-13-25(20,21-3)23-24(4,5)16-10-7-6-8-11-16/h8-10,12-13,18-19,22-23H,11,14-17H2,1-7H3;8-10,12-13,17,20-21H,7,11,14-16H2,1-6H3;7-9,11-12,16,19-20H,10,13-15H2,1-6H3;6-8,10-11,17,19-20H,5,9,12-16H2,1-4H3;6-8,10-11,15,18-20H,9,12-14H2,1-5H3. The van der Waals surface area contributed by atoms with Crippen molar-refractivity contribution in [1.29, 1.82) is 0 Å². The molecule has 11 N–H and O–H groups in total. The highest BCUT2D eigenvalue weighted by molar-refractivity contribution is 6.94. The first kappa shape index (κ1) is 124. The van der Waals surface area contributed by atoms with Gasteiger partial charge in [0, 0.05) is 74.6 Å². The SMILES string of the molecule is CCC[Si](CCCOCC(O)CO)(OC)O[Si](C)(C)c1ccccc1.CC[Si](CCCOCC(C)(O)C(C)O)(OC)O[Si](C)(C)c1ccccc1.CO[Si](C)(CCCOCC(C)(O)C(C)O)O[Si](C)(C)c1ccccc1.CO[Si](CCCOCC(C)(O)C(C)O)(CC(C)C)O[Si](C)(C)c1ccccc1.CO[Si](O)(CCCOCC(C)(O)C(C)O)O[Si](C)(C)c1ccccc1. The van der Waals surface area contributed by atoms with Gasteiger partial charge in [-0.2, -0.15) is 0 Å². The lowest BCUT2D eigenvalue weighted by molar-refractivity contribution is -0.102. The highest BCUT2D eigenvalue weighted by atomic mass is 28.5. The van der Waals surface area contributed by atoms with Crippen LogP contribution < -0.4 is 25.9 Å². The Kier molecular flexibility index (Phi) is 57.9. The maximum absolute atomic E-state index is 10.7. The number of aliphatic hydroxyl groups excluding tert-OH is 6. The molecule has 26 nitrogen and oxygen atoms in total. The molecular weight excluding hydrogens is 1810 g/mol. The van der Waals surface area contributed by atoms with Crippen molar-refractivity contribution in [2.24, 2.45) is 5.92 Å². The Balaban J connectivity index is 0.000000807. The molecule has 5 aromatic carbocycles. The van der Waals surface area contributed by atoms with E-state index in [0.717, 1.165) is 79.6 Å². The van der Waals surface area contributed by atoms with Crippen molar-refractivity contribution in [3.05, 3.63) is 152 Å². The largest absolute Gasteiger partial charge is 0.487 e. The van der Waals surface area contributed by atoms with Gasteiger partial charge in [0.15, 0.2) is 0 Å². The van der Waals surface area contributed by atoms with Crippen LogP contribution in [0.5, 0.6) is 0 Å². The average Bonchev–Trinajstić information content (AvgIpc) is 0.807. The molecule has 0 heterocycles. The number of ether oxygens (including phenoxy) is 5. The van der Waals surface area contributed by atoms with E-state index in [4.69, 9.17) is 71.5 Å². The van der Waals surface area contributed by atoms with Gasteiger partial charge in [-0.3, -0.25) is 0 Å². The zero-order valence-corrected chi connectivity index (χ0v) is 94.1. The first-order valence-electron chi connectivity index (χ1n) is 46.0. The quantitative estimate of drug-likeness (QED) is 0.0127. The van der Waals surface area contributed by atoms with E-state index < -0.39 is 138 Å². The first-order chi connectivity index (χ1) is 60.0. The molecule has 129 heavy (non-hydrogen) atoms. The topological polar surface area (TPSA) is 361 Å². The van der Waals surface area contributed by atoms with Crippen LogP contribution in [0, 0.1) is 5.92 Å². The fraction of sp³-hybridized carbons (Fsp3) is 0.677. The zero-order chi connectivity index (χ0) is 98.3.